The van der Waals surface area contributed by atoms with E-state index >= 15 is 0 Å². The van der Waals surface area contributed by atoms with E-state index < -0.39 is 36.3 Å². The third-order valence-corrected chi connectivity index (χ3v) is 4.08. The summed E-state index contributed by atoms with van der Waals surface area (Å²) in [4.78, 5) is 52.9. The molecule has 2 rings (SSSR count). The number of nitrogens with zero attached hydrogens (tertiary/aromatic N) is 4. The minimum absolute atomic E-state index is 0.0255. The summed E-state index contributed by atoms with van der Waals surface area (Å²) < 4.78 is 13.1. The number of rotatable bonds is 6. The van der Waals surface area contributed by atoms with E-state index in [0.29, 0.717) is 9.30 Å². The lowest BCUT2D eigenvalue weighted by Crippen LogP contribution is -2.43. The molecule has 2 heterocycles. The summed E-state index contributed by atoms with van der Waals surface area (Å²) in [5, 5.41) is 0. The third kappa shape index (κ3) is 3.65. The molecule has 136 valence electrons. The van der Waals surface area contributed by atoms with Crippen LogP contribution < -0.4 is 11.2 Å². The molecule has 10 nitrogen and oxygen atoms in total. The molecule has 25 heavy (non-hydrogen) atoms. The van der Waals surface area contributed by atoms with Gasteiger partial charge in [0.05, 0.1) is 13.2 Å². The first-order valence-corrected chi connectivity index (χ1v) is 8.27. The Balaban J connectivity index is 2.71. The predicted octanol–water partition coefficient (Wildman–Crippen LogP) is -0.215. The molecule has 0 fully saturated rings. The van der Waals surface area contributed by atoms with Gasteiger partial charge in [-0.3, -0.25) is 19.0 Å². The fourth-order valence-corrected chi connectivity index (χ4v) is 2.63. The largest absolute Gasteiger partial charge is 0.465 e. The zero-order chi connectivity index (χ0) is 18.7. The summed E-state index contributed by atoms with van der Waals surface area (Å²) in [6.07, 6.45) is 0. The first-order chi connectivity index (χ1) is 11.8. The normalized spacial score (nSPS) is 10.9. The summed E-state index contributed by atoms with van der Waals surface area (Å²) in [6, 6.07) is 0. The van der Waals surface area contributed by atoms with Gasteiger partial charge in [0, 0.05) is 7.05 Å². The van der Waals surface area contributed by atoms with Gasteiger partial charge in [0.25, 0.3) is 5.56 Å². The molecule has 11 heteroatoms. The lowest BCUT2D eigenvalue weighted by molar-refractivity contribution is -0.144. The molecule has 0 aliphatic rings. The van der Waals surface area contributed by atoms with Gasteiger partial charge in [0.15, 0.2) is 15.9 Å². The van der Waals surface area contributed by atoms with Crippen LogP contribution in [0.15, 0.2) is 14.3 Å². The molecular weight excluding hydrogens is 400 g/mol. The van der Waals surface area contributed by atoms with Gasteiger partial charge in [-0.05, 0) is 29.8 Å². The lowest BCUT2D eigenvalue weighted by atomic mass is 10.4. The van der Waals surface area contributed by atoms with Gasteiger partial charge in [0.1, 0.15) is 13.1 Å². The number of fused-ring (bicyclic) bond motifs is 1. The van der Waals surface area contributed by atoms with Crippen LogP contribution in [0.5, 0.6) is 0 Å². The molecule has 2 aromatic heterocycles. The summed E-state index contributed by atoms with van der Waals surface area (Å²) in [5.74, 6) is -1.39. The van der Waals surface area contributed by atoms with Gasteiger partial charge in [-0.2, -0.15) is 0 Å². The van der Waals surface area contributed by atoms with E-state index in [1.54, 1.807) is 20.9 Å². The number of aromatic nitrogens is 4. The molecular formula is C14H17BrN4O6. The molecule has 0 saturated heterocycles. The minimum Gasteiger partial charge on any atom is -0.465 e. The maximum atomic E-state index is 12.6. The fraction of sp³-hybridized carbons (Fsp3) is 0.500. The highest BCUT2D eigenvalue weighted by Crippen LogP contribution is 2.14. The summed E-state index contributed by atoms with van der Waals surface area (Å²) in [7, 11) is 1.56. The van der Waals surface area contributed by atoms with E-state index in [-0.39, 0.29) is 24.4 Å². The minimum atomic E-state index is -0.843. The van der Waals surface area contributed by atoms with E-state index in [1.165, 1.54) is 4.57 Å². The van der Waals surface area contributed by atoms with Crippen molar-refractivity contribution in [2.75, 3.05) is 13.2 Å². The van der Waals surface area contributed by atoms with Crippen LogP contribution >= 0.6 is 15.9 Å². The fourth-order valence-electron chi connectivity index (χ4n) is 2.29. The Bertz CT molecular complexity index is 941. The van der Waals surface area contributed by atoms with E-state index in [2.05, 4.69) is 20.9 Å². The topological polar surface area (TPSA) is 114 Å². The van der Waals surface area contributed by atoms with Crippen molar-refractivity contribution in [3.8, 4) is 0 Å². The number of carbonyl (C=O) groups is 2. The molecule has 0 radical (unpaired) electrons. The van der Waals surface area contributed by atoms with Gasteiger partial charge in [-0.1, -0.05) is 0 Å². The molecule has 0 atom stereocenters. The highest BCUT2D eigenvalue weighted by Gasteiger charge is 2.22. The molecule has 0 aliphatic carbocycles. The smallest absolute Gasteiger partial charge is 0.333 e. The van der Waals surface area contributed by atoms with E-state index in [1.807, 2.05) is 0 Å². The SMILES string of the molecule is CCOC(=O)Cn1c(=O)c2c(nc(Br)n2C)n(CC(=O)OCC)c1=O. The van der Waals surface area contributed by atoms with E-state index in [0.717, 1.165) is 4.57 Å². The first kappa shape index (κ1) is 18.9. The van der Waals surface area contributed by atoms with E-state index in [9.17, 15) is 19.2 Å². The van der Waals surface area contributed by atoms with Crippen molar-refractivity contribution in [2.45, 2.75) is 26.9 Å². The van der Waals surface area contributed by atoms with Crippen LogP contribution in [0.1, 0.15) is 13.8 Å². The van der Waals surface area contributed by atoms with Gasteiger partial charge in [-0.25, -0.2) is 14.3 Å². The van der Waals surface area contributed by atoms with Crippen molar-refractivity contribution in [3.05, 3.63) is 25.6 Å². The molecule has 0 unspecified atom stereocenters. The van der Waals surface area contributed by atoms with Crippen LogP contribution in [0.2, 0.25) is 0 Å². The number of hydrogen-bond acceptors (Lipinski definition) is 7. The van der Waals surface area contributed by atoms with Crippen molar-refractivity contribution in [1.82, 2.24) is 18.7 Å². The van der Waals surface area contributed by atoms with Crippen LogP contribution in [-0.2, 0) is 39.2 Å². The number of halogens is 1. The van der Waals surface area contributed by atoms with Gasteiger partial charge in [-0.15, -0.1) is 0 Å². The average molecular weight is 417 g/mol. The summed E-state index contributed by atoms with van der Waals surface area (Å²) in [6.45, 7) is 2.51. The van der Waals surface area contributed by atoms with Crippen molar-refractivity contribution < 1.29 is 19.1 Å². The zero-order valence-corrected chi connectivity index (χ0v) is 15.5. The Labute approximate surface area is 150 Å². The highest BCUT2D eigenvalue weighted by atomic mass is 79.9. The van der Waals surface area contributed by atoms with Gasteiger partial charge < -0.3 is 14.0 Å². The Kier molecular flexibility index (Phi) is 5.77. The maximum absolute atomic E-state index is 12.6. The van der Waals surface area contributed by atoms with Crippen molar-refractivity contribution in [2.24, 2.45) is 7.05 Å². The monoisotopic (exact) mass is 416 g/mol. The first-order valence-electron chi connectivity index (χ1n) is 7.48. The number of hydrogen-bond donors (Lipinski definition) is 0. The van der Waals surface area contributed by atoms with Gasteiger partial charge >= 0.3 is 17.6 Å². The van der Waals surface area contributed by atoms with Crippen LogP contribution in [0, 0.1) is 0 Å². The van der Waals surface area contributed by atoms with Crippen LogP contribution in [0.3, 0.4) is 0 Å². The Morgan fingerprint density at radius 3 is 2.08 bits per heavy atom. The summed E-state index contributed by atoms with van der Waals surface area (Å²) >= 11 is 3.18. The molecule has 0 spiro atoms. The molecule has 0 aromatic carbocycles. The standard InChI is InChI=1S/C14H17BrN4O6/c1-4-24-8(20)6-18-11-10(17(3)13(15)16-11)12(22)19(14(18)23)7-9(21)25-5-2/h4-7H2,1-3H3. The number of carbonyl (C=O) groups excluding carboxylic acids is 2. The van der Waals surface area contributed by atoms with Crippen molar-refractivity contribution in [1.29, 1.82) is 0 Å². The number of aryl methyl sites for hydroxylation is 1. The highest BCUT2D eigenvalue weighted by molar-refractivity contribution is 9.10. The number of ether oxygens (including phenoxy) is 2. The second-order valence-electron chi connectivity index (χ2n) is 4.98. The van der Waals surface area contributed by atoms with Crippen molar-refractivity contribution in [3.63, 3.8) is 0 Å². The van der Waals surface area contributed by atoms with E-state index in [4.69, 9.17) is 9.47 Å². The molecule has 0 saturated carbocycles. The number of esters is 2. The number of imidazole rings is 1. The molecule has 0 bridgehead atoms. The Morgan fingerprint density at radius 1 is 1.04 bits per heavy atom. The quantitative estimate of drug-likeness (QED) is 0.472. The van der Waals surface area contributed by atoms with Crippen molar-refractivity contribution >= 4 is 39.0 Å². The van der Waals surface area contributed by atoms with Gasteiger partial charge in [0.2, 0.25) is 0 Å². The molecule has 2 aromatic rings. The lowest BCUT2D eigenvalue weighted by Gasteiger charge is -2.11. The Morgan fingerprint density at radius 2 is 1.56 bits per heavy atom. The van der Waals surface area contributed by atoms with Crippen LogP contribution in [0.4, 0.5) is 0 Å². The second-order valence-corrected chi connectivity index (χ2v) is 5.69. The molecule has 0 amide bonds. The zero-order valence-electron chi connectivity index (χ0n) is 13.9. The maximum Gasteiger partial charge on any atom is 0.333 e. The summed E-state index contributed by atoms with van der Waals surface area (Å²) in [5.41, 5.74) is -1.45. The second kappa shape index (κ2) is 7.64. The third-order valence-electron chi connectivity index (χ3n) is 3.37. The predicted molar refractivity (Wildman–Crippen MR) is 90.2 cm³/mol. The van der Waals surface area contributed by atoms with Crippen LogP contribution in [0.25, 0.3) is 11.2 Å². The molecule has 0 aliphatic heterocycles. The Hall–Kier alpha value is -2.43. The average Bonchev–Trinajstić information content (AvgIpc) is 2.84. The van der Waals surface area contributed by atoms with Crippen LogP contribution in [-0.4, -0.2) is 43.8 Å². The molecule has 0 N–H and O–H groups in total.